The molecule has 0 radical (unpaired) electrons. The number of carbonyl (C=O) groups is 1. The Morgan fingerprint density at radius 1 is 1.09 bits per heavy atom. The minimum atomic E-state index is -4.33. The third kappa shape index (κ3) is 3.76. The third-order valence-electron chi connectivity index (χ3n) is 5.55. The number of guanidine groups is 1. The molecule has 0 aromatic heterocycles. The fraction of sp³-hybridized carbons (Fsp3) is 0.364. The number of Topliss-reactive ketones (excluding diaryl/α,β-unsaturated/α-hetero) is 1. The maximum absolute atomic E-state index is 15.0. The van der Waals surface area contributed by atoms with Gasteiger partial charge < -0.3 is 5.73 Å². The molecule has 32 heavy (non-hydrogen) atoms. The van der Waals surface area contributed by atoms with Crippen molar-refractivity contribution in [3.8, 4) is 0 Å². The van der Waals surface area contributed by atoms with Crippen molar-refractivity contribution in [2.24, 2.45) is 16.1 Å². The van der Waals surface area contributed by atoms with Crippen molar-refractivity contribution in [2.75, 3.05) is 7.05 Å². The van der Waals surface area contributed by atoms with Crippen LogP contribution in [-0.2, 0) is 15.6 Å². The summed E-state index contributed by atoms with van der Waals surface area (Å²) in [6.07, 6.45) is 0. The summed E-state index contributed by atoms with van der Waals surface area (Å²) in [5.74, 6) is -3.51. The lowest BCUT2D eigenvalue weighted by Crippen LogP contribution is -2.52. The first-order valence-corrected chi connectivity index (χ1v) is 11.2. The summed E-state index contributed by atoms with van der Waals surface area (Å²) in [7, 11) is -3.17. The van der Waals surface area contributed by atoms with Crippen molar-refractivity contribution >= 4 is 21.8 Å². The van der Waals surface area contributed by atoms with Gasteiger partial charge >= 0.3 is 0 Å². The number of rotatable bonds is 3. The summed E-state index contributed by atoms with van der Waals surface area (Å²) in [4.78, 5) is 16.7. The molecule has 0 unspecified atom stereocenters. The van der Waals surface area contributed by atoms with E-state index in [0.717, 1.165) is 31.3 Å². The van der Waals surface area contributed by atoms with Gasteiger partial charge in [0, 0.05) is 18.0 Å². The van der Waals surface area contributed by atoms with Crippen LogP contribution in [0, 0.1) is 22.9 Å². The average Bonchev–Trinajstić information content (AvgIpc) is 2.67. The van der Waals surface area contributed by atoms with Crippen LogP contribution in [0.15, 0.2) is 41.4 Å². The van der Waals surface area contributed by atoms with Gasteiger partial charge in [0.2, 0.25) is 16.0 Å². The van der Waals surface area contributed by atoms with Crippen molar-refractivity contribution in [2.45, 2.75) is 38.5 Å². The van der Waals surface area contributed by atoms with E-state index in [4.69, 9.17) is 5.73 Å². The molecule has 2 aromatic rings. The Balaban J connectivity index is 2.29. The lowest BCUT2D eigenvalue weighted by molar-refractivity contribution is 0.0854. The van der Waals surface area contributed by atoms with Crippen LogP contribution < -0.4 is 5.73 Å². The maximum Gasteiger partial charge on any atom is 0.247 e. The highest BCUT2D eigenvalue weighted by Crippen LogP contribution is 2.48. The van der Waals surface area contributed by atoms with Crippen LogP contribution in [0.4, 0.5) is 13.2 Å². The van der Waals surface area contributed by atoms with Crippen molar-refractivity contribution in [3.05, 3.63) is 70.5 Å². The Morgan fingerprint density at radius 3 is 2.28 bits per heavy atom. The number of hydrogen-bond acceptors (Lipinski definition) is 5. The highest BCUT2D eigenvalue weighted by Gasteiger charge is 2.52. The predicted molar refractivity (Wildman–Crippen MR) is 115 cm³/mol. The summed E-state index contributed by atoms with van der Waals surface area (Å²) in [6.45, 7) is 6.18. The van der Waals surface area contributed by atoms with E-state index in [-0.39, 0.29) is 16.7 Å². The lowest BCUT2D eigenvalue weighted by atomic mass is 9.83. The zero-order valence-corrected chi connectivity index (χ0v) is 19.1. The molecule has 0 saturated heterocycles. The van der Waals surface area contributed by atoms with E-state index < -0.39 is 55.4 Å². The van der Waals surface area contributed by atoms with Gasteiger partial charge in [-0.1, -0.05) is 26.8 Å². The molecule has 0 aliphatic carbocycles. The largest absolute Gasteiger partial charge is 0.369 e. The van der Waals surface area contributed by atoms with E-state index in [2.05, 4.69) is 4.99 Å². The predicted octanol–water partition coefficient (Wildman–Crippen LogP) is 3.88. The molecule has 1 aliphatic heterocycles. The van der Waals surface area contributed by atoms with Crippen molar-refractivity contribution in [1.82, 2.24) is 4.31 Å². The second-order valence-corrected chi connectivity index (χ2v) is 11.0. The van der Waals surface area contributed by atoms with Gasteiger partial charge in [0.25, 0.3) is 0 Å². The van der Waals surface area contributed by atoms with Gasteiger partial charge in [-0.05, 0) is 42.8 Å². The number of carbonyl (C=O) groups excluding carboxylic acids is 1. The van der Waals surface area contributed by atoms with Crippen molar-refractivity contribution in [3.63, 3.8) is 0 Å². The first-order valence-electron chi connectivity index (χ1n) is 9.73. The number of ketones is 1. The second-order valence-electron chi connectivity index (χ2n) is 8.95. The molecule has 3 rings (SSSR count). The van der Waals surface area contributed by atoms with E-state index in [1.807, 2.05) is 0 Å². The van der Waals surface area contributed by atoms with Gasteiger partial charge in [0.05, 0.1) is 5.56 Å². The molecular weight excluding hydrogens is 443 g/mol. The zero-order valence-electron chi connectivity index (χ0n) is 18.3. The summed E-state index contributed by atoms with van der Waals surface area (Å²) in [5.41, 5.74) is 2.39. The van der Waals surface area contributed by atoms with Crippen LogP contribution >= 0.6 is 0 Å². The van der Waals surface area contributed by atoms with Crippen molar-refractivity contribution < 1.29 is 26.4 Å². The number of nitrogens with two attached hydrogens (primary N) is 1. The quantitative estimate of drug-likeness (QED) is 0.694. The highest BCUT2D eigenvalue weighted by molar-refractivity contribution is 7.90. The Bertz CT molecular complexity index is 1240. The Hall–Kier alpha value is -2.88. The van der Waals surface area contributed by atoms with Crippen LogP contribution in [0.3, 0.4) is 0 Å². The molecule has 0 bridgehead atoms. The summed E-state index contributed by atoms with van der Waals surface area (Å²) < 4.78 is 71.1. The van der Waals surface area contributed by atoms with E-state index in [0.29, 0.717) is 4.31 Å². The molecule has 172 valence electrons. The molecule has 6 nitrogen and oxygen atoms in total. The minimum Gasteiger partial charge on any atom is -0.369 e. The average molecular weight is 468 g/mol. The molecular formula is C22H24F3N3O3S. The molecule has 0 saturated carbocycles. The third-order valence-corrected chi connectivity index (χ3v) is 7.83. The molecule has 1 heterocycles. The number of hydrogen-bond donors (Lipinski definition) is 1. The van der Waals surface area contributed by atoms with Crippen LogP contribution in [0.5, 0.6) is 0 Å². The van der Waals surface area contributed by atoms with E-state index in [9.17, 15) is 26.4 Å². The van der Waals surface area contributed by atoms with Crippen LogP contribution in [-0.4, -0.2) is 31.5 Å². The van der Waals surface area contributed by atoms with E-state index in [1.165, 1.54) is 19.1 Å². The second kappa shape index (κ2) is 7.61. The van der Waals surface area contributed by atoms with Gasteiger partial charge in [-0.3, -0.25) is 4.79 Å². The fourth-order valence-corrected chi connectivity index (χ4v) is 5.68. The first-order chi connectivity index (χ1) is 14.6. The topological polar surface area (TPSA) is 92.8 Å². The standard InChI is InChI=1S/C22H24F3N3O3S/c1-21(2,3)18(29)14-8-6-12(10-17(14)25)19-22(4,15-11-13(23)7-9-16(15)24)27-20(26)28(5)32(19,30)31/h6-11,19H,1-5H3,(H2,26,27)/t19-,22-/m1/s1. The smallest absolute Gasteiger partial charge is 0.247 e. The summed E-state index contributed by atoms with van der Waals surface area (Å²) >= 11 is 0. The van der Waals surface area contributed by atoms with Gasteiger partial charge in [-0.2, -0.15) is 0 Å². The fourth-order valence-electron chi connectivity index (χ4n) is 3.81. The monoisotopic (exact) mass is 467 g/mol. The van der Waals surface area contributed by atoms with Crippen LogP contribution in [0.25, 0.3) is 0 Å². The Kier molecular flexibility index (Phi) is 5.66. The molecule has 0 amide bonds. The summed E-state index contributed by atoms with van der Waals surface area (Å²) in [6, 6.07) is 5.98. The molecule has 1 aliphatic rings. The highest BCUT2D eigenvalue weighted by atomic mass is 32.2. The van der Waals surface area contributed by atoms with E-state index in [1.54, 1.807) is 20.8 Å². The molecule has 0 fully saturated rings. The van der Waals surface area contributed by atoms with Gasteiger partial charge in [0.1, 0.15) is 28.2 Å². The summed E-state index contributed by atoms with van der Waals surface area (Å²) in [5, 5.41) is -1.64. The number of nitrogens with zero attached hydrogens (tertiary/aromatic N) is 2. The molecule has 2 N–H and O–H groups in total. The molecule has 2 atom stereocenters. The van der Waals surface area contributed by atoms with Gasteiger partial charge in [-0.15, -0.1) is 0 Å². The minimum absolute atomic E-state index is 0.0813. The number of sulfonamides is 1. The number of aliphatic imine (C=N–C) groups is 1. The van der Waals surface area contributed by atoms with Gasteiger partial charge in [0.15, 0.2) is 5.78 Å². The van der Waals surface area contributed by atoms with Gasteiger partial charge in [-0.25, -0.2) is 30.9 Å². The maximum atomic E-state index is 15.0. The Morgan fingerprint density at radius 2 is 1.72 bits per heavy atom. The molecule has 10 heteroatoms. The Labute approximate surface area is 185 Å². The van der Waals surface area contributed by atoms with Crippen molar-refractivity contribution in [1.29, 1.82) is 0 Å². The van der Waals surface area contributed by atoms with E-state index >= 15 is 0 Å². The zero-order chi connectivity index (χ0) is 24.2. The molecule has 0 spiro atoms. The normalized spacial score (nSPS) is 23.1. The number of benzene rings is 2. The van der Waals surface area contributed by atoms with Crippen LogP contribution in [0.1, 0.15) is 54.4 Å². The lowest BCUT2D eigenvalue weighted by Gasteiger charge is -2.41. The first kappa shape index (κ1) is 23.8. The number of halogens is 3. The SMILES string of the molecule is CN1C(N)=N[C@](C)(c2cc(F)ccc2F)[C@@H](c2ccc(C(=O)C(C)(C)C)c(F)c2)S1(=O)=O. The molecule has 2 aromatic carbocycles. The van der Waals surface area contributed by atoms with Crippen LogP contribution in [0.2, 0.25) is 0 Å².